The smallest absolute Gasteiger partial charge is 0.204 e. The molecule has 4 aromatic rings. The fourth-order valence-corrected chi connectivity index (χ4v) is 4.26. The highest BCUT2D eigenvalue weighted by molar-refractivity contribution is 9.10. The van der Waals surface area contributed by atoms with E-state index in [1.165, 1.54) is 0 Å². The number of ether oxygens (including phenoxy) is 2. The van der Waals surface area contributed by atoms with Gasteiger partial charge >= 0.3 is 0 Å². The van der Waals surface area contributed by atoms with E-state index in [1.807, 2.05) is 48.5 Å². The number of hydrogen-bond acceptors (Lipinski definition) is 7. The maximum atomic E-state index is 8.90. The second-order valence-electron chi connectivity index (χ2n) is 6.49. The molecule has 6 nitrogen and oxygen atoms in total. The van der Waals surface area contributed by atoms with Crippen LogP contribution in [-0.4, -0.2) is 18.3 Å². The molecule has 1 aromatic heterocycles. The van der Waals surface area contributed by atoms with Crippen LogP contribution in [-0.2, 0) is 6.61 Å². The summed E-state index contributed by atoms with van der Waals surface area (Å²) in [5.74, 6) is 1.19. The summed E-state index contributed by atoms with van der Waals surface area (Å²) in [6.45, 7) is 0.354. The van der Waals surface area contributed by atoms with Crippen LogP contribution >= 0.6 is 27.3 Å². The third-order valence-corrected chi connectivity index (χ3v) is 5.92. The van der Waals surface area contributed by atoms with Crippen molar-refractivity contribution in [3.05, 3.63) is 81.8 Å². The van der Waals surface area contributed by atoms with E-state index in [-0.39, 0.29) is 0 Å². The standard InChI is InChI=1S/C23H17BrN4O2S/c1-29-20-11-17(13-26-28-23-27-19-4-2-3-5-21(19)31-23)10-18(24)22(20)30-14-16-8-6-15(12-25)7-9-16/h2-11,13H,14H2,1H3,(H,27,28)/b26-13+. The summed E-state index contributed by atoms with van der Waals surface area (Å²) in [4.78, 5) is 4.50. The van der Waals surface area contributed by atoms with Gasteiger partial charge in [0.25, 0.3) is 0 Å². The van der Waals surface area contributed by atoms with Gasteiger partial charge in [0.2, 0.25) is 5.13 Å². The molecule has 0 aliphatic rings. The second-order valence-corrected chi connectivity index (χ2v) is 8.37. The fraction of sp³-hybridized carbons (Fsp3) is 0.0870. The van der Waals surface area contributed by atoms with Crippen molar-refractivity contribution in [2.24, 2.45) is 5.10 Å². The molecule has 1 N–H and O–H groups in total. The van der Waals surface area contributed by atoms with E-state index in [9.17, 15) is 0 Å². The molecule has 0 amide bonds. The van der Waals surface area contributed by atoms with Crippen molar-refractivity contribution in [3.63, 3.8) is 0 Å². The monoisotopic (exact) mass is 492 g/mol. The molecule has 0 bridgehead atoms. The fourth-order valence-electron chi connectivity index (χ4n) is 2.87. The van der Waals surface area contributed by atoms with E-state index in [0.717, 1.165) is 30.9 Å². The zero-order chi connectivity index (χ0) is 21.6. The Labute approximate surface area is 191 Å². The number of para-hydroxylation sites is 1. The lowest BCUT2D eigenvalue weighted by Gasteiger charge is -2.13. The number of halogens is 1. The normalized spacial score (nSPS) is 10.9. The van der Waals surface area contributed by atoms with E-state index in [4.69, 9.17) is 14.7 Å². The lowest BCUT2D eigenvalue weighted by molar-refractivity contribution is 0.282. The van der Waals surface area contributed by atoms with Crippen molar-refractivity contribution in [1.82, 2.24) is 4.98 Å². The molecule has 0 saturated heterocycles. The van der Waals surface area contributed by atoms with Crippen molar-refractivity contribution in [3.8, 4) is 17.6 Å². The Bertz CT molecular complexity index is 1250. The first kappa shape index (κ1) is 20.8. The van der Waals surface area contributed by atoms with Crippen LogP contribution in [0.3, 0.4) is 0 Å². The number of nitriles is 1. The van der Waals surface area contributed by atoms with Crippen LogP contribution in [0.25, 0.3) is 10.2 Å². The van der Waals surface area contributed by atoms with Crippen molar-refractivity contribution in [2.75, 3.05) is 12.5 Å². The molecular formula is C23H17BrN4O2S. The van der Waals surface area contributed by atoms with Gasteiger partial charge in [-0.05, 0) is 63.5 Å². The summed E-state index contributed by atoms with van der Waals surface area (Å²) in [7, 11) is 1.59. The van der Waals surface area contributed by atoms with Crippen LogP contribution < -0.4 is 14.9 Å². The van der Waals surface area contributed by atoms with Gasteiger partial charge in [0.15, 0.2) is 11.5 Å². The number of benzene rings is 3. The molecule has 0 saturated carbocycles. The van der Waals surface area contributed by atoms with Crippen LogP contribution in [0.5, 0.6) is 11.5 Å². The summed E-state index contributed by atoms with van der Waals surface area (Å²) in [6.07, 6.45) is 1.70. The third-order valence-electron chi connectivity index (χ3n) is 4.39. The number of rotatable bonds is 7. The first-order valence-electron chi connectivity index (χ1n) is 9.30. The summed E-state index contributed by atoms with van der Waals surface area (Å²) in [5, 5.41) is 13.9. The van der Waals surface area contributed by atoms with Crippen LogP contribution in [0.15, 0.2) is 70.2 Å². The maximum Gasteiger partial charge on any atom is 0.204 e. The highest BCUT2D eigenvalue weighted by Crippen LogP contribution is 2.37. The lowest BCUT2D eigenvalue weighted by Crippen LogP contribution is -2.00. The Balaban J connectivity index is 1.45. The number of hydrazone groups is 1. The number of nitrogens with one attached hydrogen (secondary N) is 1. The van der Waals surface area contributed by atoms with Gasteiger partial charge < -0.3 is 9.47 Å². The Kier molecular flexibility index (Phi) is 6.46. The van der Waals surface area contributed by atoms with Crippen LogP contribution in [0, 0.1) is 11.3 Å². The lowest BCUT2D eigenvalue weighted by atomic mass is 10.1. The summed E-state index contributed by atoms with van der Waals surface area (Å²) in [6, 6.07) is 21.1. The SMILES string of the molecule is COc1cc(/C=N/Nc2nc3ccccc3s2)cc(Br)c1OCc1ccc(C#N)cc1. The van der Waals surface area contributed by atoms with E-state index in [1.54, 1.807) is 36.8 Å². The van der Waals surface area contributed by atoms with E-state index >= 15 is 0 Å². The van der Waals surface area contributed by atoms with Crippen molar-refractivity contribution < 1.29 is 9.47 Å². The van der Waals surface area contributed by atoms with Gasteiger partial charge in [-0.1, -0.05) is 35.6 Å². The minimum absolute atomic E-state index is 0.354. The van der Waals surface area contributed by atoms with Crippen molar-refractivity contribution >= 4 is 48.8 Å². The quantitative estimate of drug-likeness (QED) is 0.254. The average molecular weight is 493 g/mol. The minimum atomic E-state index is 0.354. The average Bonchev–Trinajstić information content (AvgIpc) is 3.21. The number of fused-ring (bicyclic) bond motifs is 1. The van der Waals surface area contributed by atoms with E-state index in [2.05, 4.69) is 37.5 Å². The predicted octanol–water partition coefficient (Wildman–Crippen LogP) is 5.96. The first-order chi connectivity index (χ1) is 15.2. The number of thiazole rings is 1. The Hall–Kier alpha value is -3.41. The molecule has 31 heavy (non-hydrogen) atoms. The molecule has 0 aliphatic heterocycles. The topological polar surface area (TPSA) is 79.5 Å². The summed E-state index contributed by atoms with van der Waals surface area (Å²) >= 11 is 5.10. The van der Waals surface area contributed by atoms with Crippen LogP contribution in [0.4, 0.5) is 5.13 Å². The highest BCUT2D eigenvalue weighted by atomic mass is 79.9. The third kappa shape index (κ3) is 5.02. The molecule has 0 unspecified atom stereocenters. The molecule has 0 aliphatic carbocycles. The molecule has 1 heterocycles. The minimum Gasteiger partial charge on any atom is -0.493 e. The number of hydrogen-bond donors (Lipinski definition) is 1. The Morgan fingerprint density at radius 2 is 2.00 bits per heavy atom. The molecule has 0 fully saturated rings. The highest BCUT2D eigenvalue weighted by Gasteiger charge is 2.12. The van der Waals surface area contributed by atoms with Gasteiger partial charge in [0.05, 0.1) is 39.6 Å². The predicted molar refractivity (Wildman–Crippen MR) is 127 cm³/mol. The van der Waals surface area contributed by atoms with Gasteiger partial charge in [-0.25, -0.2) is 4.98 Å². The number of methoxy groups -OCH3 is 1. The van der Waals surface area contributed by atoms with E-state index in [0.29, 0.717) is 23.7 Å². The number of nitrogens with zero attached hydrogens (tertiary/aromatic N) is 3. The Morgan fingerprint density at radius 3 is 2.74 bits per heavy atom. The van der Waals surface area contributed by atoms with Gasteiger partial charge in [-0.3, -0.25) is 5.43 Å². The molecule has 3 aromatic carbocycles. The Morgan fingerprint density at radius 1 is 1.19 bits per heavy atom. The molecule has 4 rings (SSSR count). The first-order valence-corrected chi connectivity index (χ1v) is 10.9. The number of aromatic nitrogens is 1. The molecule has 0 atom stereocenters. The molecule has 0 radical (unpaired) electrons. The molecule has 0 spiro atoms. The van der Waals surface area contributed by atoms with Crippen LogP contribution in [0.1, 0.15) is 16.7 Å². The summed E-state index contributed by atoms with van der Waals surface area (Å²) in [5.41, 5.74) is 6.33. The van der Waals surface area contributed by atoms with E-state index < -0.39 is 0 Å². The molecule has 154 valence electrons. The van der Waals surface area contributed by atoms with Gasteiger partial charge in [0.1, 0.15) is 6.61 Å². The molecular weight excluding hydrogens is 476 g/mol. The van der Waals surface area contributed by atoms with Crippen molar-refractivity contribution in [1.29, 1.82) is 5.26 Å². The van der Waals surface area contributed by atoms with Crippen molar-refractivity contribution in [2.45, 2.75) is 6.61 Å². The summed E-state index contributed by atoms with van der Waals surface area (Å²) < 4.78 is 13.3. The van der Waals surface area contributed by atoms with Gasteiger partial charge in [-0.15, -0.1) is 0 Å². The van der Waals surface area contributed by atoms with Gasteiger partial charge in [0, 0.05) is 0 Å². The second kappa shape index (κ2) is 9.60. The number of anilines is 1. The zero-order valence-corrected chi connectivity index (χ0v) is 18.9. The van der Waals surface area contributed by atoms with Gasteiger partial charge in [-0.2, -0.15) is 10.4 Å². The molecule has 8 heteroatoms. The van der Waals surface area contributed by atoms with Crippen LogP contribution in [0.2, 0.25) is 0 Å². The largest absolute Gasteiger partial charge is 0.493 e. The zero-order valence-electron chi connectivity index (χ0n) is 16.5. The maximum absolute atomic E-state index is 8.90.